The van der Waals surface area contributed by atoms with Gasteiger partial charge in [0.05, 0.1) is 0 Å². The highest BCUT2D eigenvalue weighted by Gasteiger charge is 2.40. The van der Waals surface area contributed by atoms with Crippen molar-refractivity contribution in [3.8, 4) is 0 Å². The van der Waals surface area contributed by atoms with Crippen LogP contribution in [0.5, 0.6) is 0 Å². The summed E-state index contributed by atoms with van der Waals surface area (Å²) >= 11 is 0. The third kappa shape index (κ3) is 4.97. The summed E-state index contributed by atoms with van der Waals surface area (Å²) < 4.78 is 5.47. The smallest absolute Gasteiger partial charge is 0.407 e. The van der Waals surface area contributed by atoms with Gasteiger partial charge < -0.3 is 10.1 Å². The van der Waals surface area contributed by atoms with Crippen molar-refractivity contribution in [2.24, 2.45) is 11.8 Å². The number of hydrogen-bond acceptors (Lipinski definition) is 3. The Morgan fingerprint density at radius 2 is 1.92 bits per heavy atom. The Bertz CT molecular complexity index is 549. The second-order valence-electron chi connectivity index (χ2n) is 8.26. The number of benzene rings is 1. The molecule has 0 bridgehead atoms. The highest BCUT2D eigenvalue weighted by molar-refractivity contribution is 5.68. The number of hydrogen-bond donors (Lipinski definition) is 1. The van der Waals surface area contributed by atoms with Gasteiger partial charge in [-0.05, 0) is 64.0 Å². The van der Waals surface area contributed by atoms with Crippen molar-refractivity contribution in [2.75, 3.05) is 13.1 Å². The van der Waals surface area contributed by atoms with Gasteiger partial charge in [-0.25, -0.2) is 4.79 Å². The largest absolute Gasteiger partial charge is 0.444 e. The SMILES string of the molecule is CC(C)(C)OC(=O)N[C@H]1CN(Cc2ccccc2)CC[C@@H]1C1CC1. The molecule has 2 aliphatic rings. The molecule has 2 fully saturated rings. The van der Waals surface area contributed by atoms with Crippen LogP contribution >= 0.6 is 0 Å². The van der Waals surface area contributed by atoms with E-state index in [1.165, 1.54) is 18.4 Å². The minimum atomic E-state index is -0.447. The number of ether oxygens (including phenoxy) is 1. The molecule has 0 aromatic heterocycles. The van der Waals surface area contributed by atoms with E-state index in [0.29, 0.717) is 5.92 Å². The van der Waals surface area contributed by atoms with Crippen LogP contribution in [-0.4, -0.2) is 35.7 Å². The van der Waals surface area contributed by atoms with Crippen LogP contribution in [0.1, 0.15) is 45.6 Å². The van der Waals surface area contributed by atoms with E-state index in [-0.39, 0.29) is 12.1 Å². The maximum absolute atomic E-state index is 12.2. The van der Waals surface area contributed by atoms with E-state index < -0.39 is 5.60 Å². The Labute approximate surface area is 145 Å². The summed E-state index contributed by atoms with van der Waals surface area (Å²) in [5, 5.41) is 3.16. The van der Waals surface area contributed by atoms with Gasteiger partial charge in [-0.15, -0.1) is 0 Å². The second kappa shape index (κ2) is 7.14. The number of piperidine rings is 1. The van der Waals surface area contributed by atoms with Crippen molar-refractivity contribution in [3.05, 3.63) is 35.9 Å². The fourth-order valence-electron chi connectivity index (χ4n) is 3.72. The highest BCUT2D eigenvalue weighted by Crippen LogP contribution is 2.42. The molecule has 1 aromatic carbocycles. The number of carbonyl (C=O) groups is 1. The lowest BCUT2D eigenvalue weighted by atomic mass is 9.87. The Morgan fingerprint density at radius 1 is 1.21 bits per heavy atom. The number of carbonyl (C=O) groups excluding carboxylic acids is 1. The van der Waals surface area contributed by atoms with Crippen molar-refractivity contribution in [3.63, 3.8) is 0 Å². The van der Waals surface area contributed by atoms with E-state index in [1.807, 2.05) is 20.8 Å². The van der Waals surface area contributed by atoms with Crippen LogP contribution in [0.15, 0.2) is 30.3 Å². The Kier molecular flexibility index (Phi) is 5.14. The first-order valence-corrected chi connectivity index (χ1v) is 9.16. The molecule has 1 N–H and O–H groups in total. The van der Waals surface area contributed by atoms with E-state index in [0.717, 1.165) is 32.0 Å². The summed E-state index contributed by atoms with van der Waals surface area (Å²) in [4.78, 5) is 14.7. The number of nitrogens with one attached hydrogen (secondary N) is 1. The average Bonchev–Trinajstić information content (AvgIpc) is 3.31. The zero-order valence-electron chi connectivity index (χ0n) is 15.1. The zero-order chi connectivity index (χ0) is 17.2. The van der Waals surface area contributed by atoms with E-state index >= 15 is 0 Å². The molecule has 4 nitrogen and oxygen atoms in total. The molecular weight excluding hydrogens is 300 g/mol. The van der Waals surface area contributed by atoms with Crippen LogP contribution < -0.4 is 5.32 Å². The van der Waals surface area contributed by atoms with Gasteiger partial charge >= 0.3 is 6.09 Å². The molecule has 0 spiro atoms. The second-order valence-corrected chi connectivity index (χ2v) is 8.26. The van der Waals surface area contributed by atoms with Crippen LogP contribution in [0, 0.1) is 11.8 Å². The van der Waals surface area contributed by atoms with E-state index in [9.17, 15) is 4.79 Å². The third-order valence-electron chi connectivity index (χ3n) is 4.93. The minimum Gasteiger partial charge on any atom is -0.444 e. The predicted octanol–water partition coefficient (Wildman–Crippen LogP) is 3.81. The molecule has 1 saturated heterocycles. The number of nitrogens with zero attached hydrogens (tertiary/aromatic N) is 1. The van der Waals surface area contributed by atoms with Crippen LogP contribution in [0.4, 0.5) is 4.79 Å². The molecule has 1 aliphatic carbocycles. The Hall–Kier alpha value is -1.55. The molecule has 4 heteroatoms. The molecule has 3 rings (SSSR count). The van der Waals surface area contributed by atoms with Crippen molar-refractivity contribution < 1.29 is 9.53 Å². The molecule has 1 aliphatic heterocycles. The van der Waals surface area contributed by atoms with Gasteiger partial charge in [0.15, 0.2) is 0 Å². The standard InChI is InChI=1S/C20H30N2O2/c1-20(2,3)24-19(23)21-18-14-22(12-11-17(18)16-9-10-16)13-15-7-5-4-6-8-15/h4-8,16-18H,9-14H2,1-3H3,(H,21,23)/t17-,18+/m1/s1. The third-order valence-corrected chi connectivity index (χ3v) is 4.93. The molecule has 2 atom stereocenters. The molecule has 0 radical (unpaired) electrons. The number of likely N-dealkylation sites (tertiary alicyclic amines) is 1. The molecular formula is C20H30N2O2. The number of rotatable bonds is 4. The van der Waals surface area contributed by atoms with Crippen molar-refractivity contribution >= 4 is 6.09 Å². The van der Waals surface area contributed by atoms with E-state index in [4.69, 9.17) is 4.74 Å². The highest BCUT2D eigenvalue weighted by atomic mass is 16.6. The normalized spacial score (nSPS) is 25.3. The lowest BCUT2D eigenvalue weighted by molar-refractivity contribution is 0.0411. The lowest BCUT2D eigenvalue weighted by Gasteiger charge is -2.39. The fraction of sp³-hybridized carbons (Fsp3) is 0.650. The summed E-state index contributed by atoms with van der Waals surface area (Å²) in [6.07, 6.45) is 3.52. The summed E-state index contributed by atoms with van der Waals surface area (Å²) in [6, 6.07) is 10.8. The molecule has 1 aromatic rings. The quantitative estimate of drug-likeness (QED) is 0.913. The van der Waals surface area contributed by atoms with Gasteiger partial charge in [-0.3, -0.25) is 4.90 Å². The van der Waals surface area contributed by atoms with Crippen molar-refractivity contribution in [1.82, 2.24) is 10.2 Å². The van der Waals surface area contributed by atoms with Gasteiger partial charge in [0.25, 0.3) is 0 Å². The first kappa shape index (κ1) is 17.3. The fourth-order valence-corrected chi connectivity index (χ4v) is 3.72. The predicted molar refractivity (Wildman–Crippen MR) is 95.7 cm³/mol. The molecule has 1 saturated carbocycles. The monoisotopic (exact) mass is 330 g/mol. The number of alkyl carbamates (subject to hydrolysis) is 1. The van der Waals surface area contributed by atoms with Crippen LogP contribution in [0.2, 0.25) is 0 Å². The minimum absolute atomic E-state index is 0.199. The Morgan fingerprint density at radius 3 is 2.54 bits per heavy atom. The molecule has 1 amide bonds. The Balaban J connectivity index is 1.60. The van der Waals surface area contributed by atoms with Crippen LogP contribution in [0.3, 0.4) is 0 Å². The first-order chi connectivity index (χ1) is 11.4. The van der Waals surface area contributed by atoms with Crippen LogP contribution in [0.25, 0.3) is 0 Å². The van der Waals surface area contributed by atoms with E-state index in [2.05, 4.69) is 40.5 Å². The van der Waals surface area contributed by atoms with E-state index in [1.54, 1.807) is 0 Å². The van der Waals surface area contributed by atoms with Crippen molar-refractivity contribution in [2.45, 2.75) is 58.2 Å². The van der Waals surface area contributed by atoms with Crippen molar-refractivity contribution in [1.29, 1.82) is 0 Å². The molecule has 0 unspecified atom stereocenters. The molecule has 24 heavy (non-hydrogen) atoms. The summed E-state index contributed by atoms with van der Waals surface area (Å²) in [7, 11) is 0. The summed E-state index contributed by atoms with van der Waals surface area (Å²) in [5.74, 6) is 1.40. The lowest BCUT2D eigenvalue weighted by Crippen LogP contribution is -2.53. The molecule has 1 heterocycles. The van der Waals surface area contributed by atoms with Gasteiger partial charge in [-0.1, -0.05) is 30.3 Å². The van der Waals surface area contributed by atoms with Crippen LogP contribution in [-0.2, 0) is 11.3 Å². The van der Waals surface area contributed by atoms with Gasteiger partial charge in [0.1, 0.15) is 5.60 Å². The maximum atomic E-state index is 12.2. The van der Waals surface area contributed by atoms with Gasteiger partial charge in [0, 0.05) is 19.1 Å². The zero-order valence-corrected chi connectivity index (χ0v) is 15.1. The number of amides is 1. The maximum Gasteiger partial charge on any atom is 0.407 e. The van der Waals surface area contributed by atoms with Gasteiger partial charge in [-0.2, -0.15) is 0 Å². The topological polar surface area (TPSA) is 41.6 Å². The molecule has 132 valence electrons. The summed E-state index contributed by atoms with van der Waals surface area (Å²) in [5.41, 5.74) is 0.885. The first-order valence-electron chi connectivity index (χ1n) is 9.16. The summed E-state index contributed by atoms with van der Waals surface area (Å²) in [6.45, 7) is 8.71. The van der Waals surface area contributed by atoms with Gasteiger partial charge in [0.2, 0.25) is 0 Å². The average molecular weight is 330 g/mol.